The summed E-state index contributed by atoms with van der Waals surface area (Å²) in [7, 11) is 0. The highest BCUT2D eigenvalue weighted by molar-refractivity contribution is 6.31. The Hall–Kier alpha value is -1.20. The minimum absolute atomic E-state index is 0.170. The van der Waals surface area contributed by atoms with Crippen LogP contribution < -0.4 is 0 Å². The lowest BCUT2D eigenvalue weighted by Crippen LogP contribution is -2.16. The van der Waals surface area contributed by atoms with Crippen LogP contribution in [-0.4, -0.2) is 5.11 Å². The average molecular weight is 224 g/mol. The summed E-state index contributed by atoms with van der Waals surface area (Å²) in [4.78, 5) is 0. The number of nitrogens with zero attached hydrogens (tertiary/aromatic N) is 1. The normalized spacial score (nSPS) is 11.2. The molecule has 1 N–H and O–H groups in total. The van der Waals surface area contributed by atoms with Crippen molar-refractivity contribution in [1.29, 1.82) is 5.26 Å². The Morgan fingerprint density at radius 2 is 1.93 bits per heavy atom. The number of rotatable bonds is 1. The lowest BCUT2D eigenvalue weighted by atomic mass is 9.82. The molecule has 0 fully saturated rings. The molecule has 0 amide bonds. The molecule has 0 aliphatic heterocycles. The predicted molar refractivity (Wildman–Crippen MR) is 61.2 cm³/mol. The van der Waals surface area contributed by atoms with Gasteiger partial charge in [-0.15, -0.1) is 0 Å². The van der Waals surface area contributed by atoms with E-state index >= 15 is 0 Å². The fraction of sp³-hybridized carbons (Fsp3) is 0.417. The molecule has 1 aromatic carbocycles. The van der Waals surface area contributed by atoms with E-state index in [1.807, 2.05) is 6.92 Å². The van der Waals surface area contributed by atoms with Crippen LogP contribution in [0.15, 0.2) is 6.07 Å². The van der Waals surface area contributed by atoms with Crippen LogP contribution in [-0.2, 0) is 5.41 Å². The number of halogens is 1. The van der Waals surface area contributed by atoms with Crippen LogP contribution in [0.25, 0.3) is 0 Å². The van der Waals surface area contributed by atoms with Crippen molar-refractivity contribution in [3.8, 4) is 11.8 Å². The van der Waals surface area contributed by atoms with Crippen LogP contribution in [0, 0.1) is 25.2 Å². The summed E-state index contributed by atoms with van der Waals surface area (Å²) in [6.07, 6.45) is 0. The highest BCUT2D eigenvalue weighted by atomic mass is 35.5. The summed E-state index contributed by atoms with van der Waals surface area (Å²) in [5.41, 5.74) is 1.36. The SMILES string of the molecule is Cc1cc(Cl)c(C)c(C(C)(C)C#N)c1O. The summed E-state index contributed by atoms with van der Waals surface area (Å²) in [6.45, 7) is 7.13. The highest BCUT2D eigenvalue weighted by Gasteiger charge is 2.27. The summed E-state index contributed by atoms with van der Waals surface area (Å²) >= 11 is 6.03. The molecule has 0 aromatic heterocycles. The topological polar surface area (TPSA) is 44.0 Å². The fourth-order valence-corrected chi connectivity index (χ4v) is 1.94. The maximum atomic E-state index is 9.96. The van der Waals surface area contributed by atoms with Crippen LogP contribution in [0.1, 0.15) is 30.5 Å². The third-order valence-electron chi connectivity index (χ3n) is 2.59. The Morgan fingerprint density at radius 1 is 1.40 bits per heavy atom. The molecule has 0 saturated carbocycles. The lowest BCUT2D eigenvalue weighted by molar-refractivity contribution is 0.451. The smallest absolute Gasteiger partial charge is 0.123 e. The van der Waals surface area contributed by atoms with Crippen LogP contribution >= 0.6 is 11.6 Å². The van der Waals surface area contributed by atoms with Crippen molar-refractivity contribution in [2.75, 3.05) is 0 Å². The second-order valence-electron chi connectivity index (χ2n) is 4.26. The molecule has 15 heavy (non-hydrogen) atoms. The van der Waals surface area contributed by atoms with Crippen LogP contribution in [0.2, 0.25) is 5.02 Å². The second-order valence-corrected chi connectivity index (χ2v) is 4.67. The van der Waals surface area contributed by atoms with Crippen molar-refractivity contribution in [2.45, 2.75) is 33.1 Å². The Labute approximate surface area is 95.1 Å². The Kier molecular flexibility index (Phi) is 2.97. The first kappa shape index (κ1) is 11.9. The van der Waals surface area contributed by atoms with E-state index in [0.717, 1.165) is 5.56 Å². The molecule has 0 radical (unpaired) electrons. The summed E-state index contributed by atoms with van der Waals surface area (Å²) in [6, 6.07) is 3.89. The van der Waals surface area contributed by atoms with Gasteiger partial charge in [0, 0.05) is 10.6 Å². The third kappa shape index (κ3) is 1.93. The quantitative estimate of drug-likeness (QED) is 0.793. The number of phenols is 1. The number of hydrogen-bond donors (Lipinski definition) is 1. The van der Waals surface area contributed by atoms with Crippen LogP contribution in [0.4, 0.5) is 0 Å². The molecular weight excluding hydrogens is 210 g/mol. The number of nitriles is 1. The van der Waals surface area contributed by atoms with Gasteiger partial charge in [0.2, 0.25) is 0 Å². The number of aromatic hydroxyl groups is 1. The molecule has 0 aliphatic carbocycles. The van der Waals surface area contributed by atoms with Crippen molar-refractivity contribution in [3.05, 3.63) is 27.8 Å². The van der Waals surface area contributed by atoms with E-state index in [4.69, 9.17) is 16.9 Å². The molecule has 3 heteroatoms. The molecule has 1 aromatic rings. The number of aryl methyl sites for hydroxylation is 1. The molecule has 1 rings (SSSR count). The number of hydrogen-bond acceptors (Lipinski definition) is 2. The minimum atomic E-state index is -0.732. The number of phenolic OH excluding ortho intramolecular Hbond substituents is 1. The van der Waals surface area contributed by atoms with E-state index in [-0.39, 0.29) is 5.75 Å². The summed E-state index contributed by atoms with van der Waals surface area (Å²) in [5.74, 6) is 0.170. The molecule has 0 saturated heterocycles. The van der Waals surface area contributed by atoms with Gasteiger partial charge in [0.05, 0.1) is 11.5 Å². The zero-order chi connectivity index (χ0) is 11.8. The van der Waals surface area contributed by atoms with Gasteiger partial charge in [0.1, 0.15) is 5.75 Å². The van der Waals surface area contributed by atoms with Gasteiger partial charge in [0.25, 0.3) is 0 Å². The Morgan fingerprint density at radius 3 is 2.40 bits per heavy atom. The third-order valence-corrected chi connectivity index (χ3v) is 2.98. The Balaban J connectivity index is 3.62. The van der Waals surface area contributed by atoms with E-state index in [1.165, 1.54) is 0 Å². The van der Waals surface area contributed by atoms with Crippen molar-refractivity contribution < 1.29 is 5.11 Å². The maximum absolute atomic E-state index is 9.96. The van der Waals surface area contributed by atoms with Crippen LogP contribution in [0.5, 0.6) is 5.75 Å². The van der Waals surface area contributed by atoms with Gasteiger partial charge in [0.15, 0.2) is 0 Å². The highest BCUT2D eigenvalue weighted by Crippen LogP contribution is 2.38. The van der Waals surface area contributed by atoms with Gasteiger partial charge >= 0.3 is 0 Å². The van der Waals surface area contributed by atoms with E-state index < -0.39 is 5.41 Å². The van der Waals surface area contributed by atoms with E-state index in [9.17, 15) is 5.11 Å². The molecule has 80 valence electrons. The monoisotopic (exact) mass is 223 g/mol. The molecule has 0 unspecified atom stereocenters. The van der Waals surface area contributed by atoms with Gasteiger partial charge < -0.3 is 5.11 Å². The van der Waals surface area contributed by atoms with Gasteiger partial charge in [-0.1, -0.05) is 11.6 Å². The van der Waals surface area contributed by atoms with Gasteiger partial charge in [-0.25, -0.2) is 0 Å². The fourth-order valence-electron chi connectivity index (χ4n) is 1.68. The van der Waals surface area contributed by atoms with E-state index in [2.05, 4.69) is 6.07 Å². The first-order valence-electron chi connectivity index (χ1n) is 4.71. The predicted octanol–water partition coefficient (Wildman–Crippen LogP) is 3.46. The minimum Gasteiger partial charge on any atom is -0.507 e. The first-order valence-corrected chi connectivity index (χ1v) is 5.09. The van der Waals surface area contributed by atoms with Gasteiger partial charge in [-0.3, -0.25) is 0 Å². The zero-order valence-electron chi connectivity index (χ0n) is 9.35. The lowest BCUT2D eigenvalue weighted by Gasteiger charge is -2.22. The largest absolute Gasteiger partial charge is 0.507 e. The second kappa shape index (κ2) is 3.75. The average Bonchev–Trinajstić information content (AvgIpc) is 2.15. The van der Waals surface area contributed by atoms with Crippen molar-refractivity contribution in [3.63, 3.8) is 0 Å². The van der Waals surface area contributed by atoms with Gasteiger partial charge in [-0.2, -0.15) is 5.26 Å². The van der Waals surface area contributed by atoms with E-state index in [0.29, 0.717) is 16.1 Å². The molecular formula is C12H14ClNO. The zero-order valence-corrected chi connectivity index (χ0v) is 10.1. The van der Waals surface area contributed by atoms with Crippen molar-refractivity contribution in [2.24, 2.45) is 0 Å². The molecule has 0 atom stereocenters. The number of benzene rings is 1. The standard InChI is InChI=1S/C12H14ClNO/c1-7-5-9(13)8(2)10(11(7)15)12(3,4)6-14/h5,15H,1-4H3. The maximum Gasteiger partial charge on any atom is 0.123 e. The molecule has 2 nitrogen and oxygen atoms in total. The van der Waals surface area contributed by atoms with Crippen LogP contribution in [0.3, 0.4) is 0 Å². The van der Waals surface area contributed by atoms with Crippen molar-refractivity contribution >= 4 is 11.6 Å². The molecule has 0 heterocycles. The molecule has 0 spiro atoms. The van der Waals surface area contributed by atoms with Gasteiger partial charge in [-0.05, 0) is 44.9 Å². The van der Waals surface area contributed by atoms with E-state index in [1.54, 1.807) is 26.8 Å². The first-order chi connectivity index (χ1) is 6.81. The Bertz CT molecular complexity index is 418. The summed E-state index contributed by atoms with van der Waals surface area (Å²) in [5, 5.41) is 19.6. The summed E-state index contributed by atoms with van der Waals surface area (Å²) < 4.78 is 0. The van der Waals surface area contributed by atoms with Crippen molar-refractivity contribution in [1.82, 2.24) is 0 Å². The molecule has 0 bridgehead atoms. The molecule has 0 aliphatic rings.